The molecule has 1 fully saturated rings. The number of fused-ring (bicyclic) bond motifs is 1. The number of thioether (sulfide) groups is 1. The number of anilines is 1. The first kappa shape index (κ1) is 30.5. The number of ether oxygens (including phenoxy) is 2. The van der Waals surface area contributed by atoms with Crippen molar-refractivity contribution in [2.45, 2.75) is 68.7 Å². The van der Waals surface area contributed by atoms with E-state index in [9.17, 15) is 9.18 Å². The van der Waals surface area contributed by atoms with E-state index in [0.29, 0.717) is 55.0 Å². The number of hydrogen-bond donors (Lipinski definition) is 1. The number of hydrogen-bond acceptors (Lipinski definition) is 7. The van der Waals surface area contributed by atoms with Crippen LogP contribution in [0.15, 0.2) is 83.2 Å². The van der Waals surface area contributed by atoms with Gasteiger partial charge in [-0.2, -0.15) is 4.98 Å². The summed E-state index contributed by atoms with van der Waals surface area (Å²) in [5.74, 6) is 0.828. The second kappa shape index (κ2) is 13.6. The van der Waals surface area contributed by atoms with Gasteiger partial charge in [0, 0.05) is 27.1 Å². The Balaban J connectivity index is 1.28. The number of halogens is 3. The molecule has 1 saturated carbocycles. The maximum Gasteiger partial charge on any atom is 0.338 e. The van der Waals surface area contributed by atoms with Crippen LogP contribution in [0.4, 0.5) is 10.3 Å². The van der Waals surface area contributed by atoms with E-state index in [0.717, 1.165) is 37.7 Å². The number of nitrogens with one attached hydrogen (secondary N) is 1. The molecule has 7 nitrogen and oxygen atoms in total. The third-order valence-electron chi connectivity index (χ3n) is 7.83. The minimum absolute atomic E-state index is 0.103. The van der Waals surface area contributed by atoms with Crippen molar-refractivity contribution in [2.24, 2.45) is 0 Å². The summed E-state index contributed by atoms with van der Waals surface area (Å²) in [6.45, 7) is 2.05. The van der Waals surface area contributed by atoms with Crippen LogP contribution in [-0.4, -0.2) is 26.8 Å². The normalized spacial score (nSPS) is 16.8. The molecule has 6 rings (SSSR count). The summed E-state index contributed by atoms with van der Waals surface area (Å²) in [5, 5.41) is 9.55. The van der Waals surface area contributed by atoms with Gasteiger partial charge in [0.05, 0.1) is 5.57 Å². The first-order valence-corrected chi connectivity index (χ1v) is 16.3. The summed E-state index contributed by atoms with van der Waals surface area (Å²) in [7, 11) is 0. The summed E-state index contributed by atoms with van der Waals surface area (Å²) < 4.78 is 28.0. The average molecular weight is 654 g/mol. The molecule has 44 heavy (non-hydrogen) atoms. The Hall–Kier alpha value is -3.53. The van der Waals surface area contributed by atoms with Crippen LogP contribution in [0.25, 0.3) is 0 Å². The SMILES string of the molecule is CC1=C(C(=O)OC2CCCCC2)C(c2ccc(OCc3c(Cl)cccc3Cl)cc2)n2nc(SCc3ccccc3F)nc2N1. The molecule has 1 aromatic heterocycles. The highest BCUT2D eigenvalue weighted by Crippen LogP contribution is 2.38. The number of allylic oxidation sites excluding steroid dienone is 1. The van der Waals surface area contributed by atoms with Crippen molar-refractivity contribution < 1.29 is 18.7 Å². The molecule has 0 saturated heterocycles. The lowest BCUT2D eigenvalue weighted by atomic mass is 9.95. The molecule has 1 atom stereocenters. The minimum Gasteiger partial charge on any atom is -0.489 e. The molecule has 0 bridgehead atoms. The average Bonchev–Trinajstić information content (AvgIpc) is 3.43. The zero-order valence-corrected chi connectivity index (χ0v) is 26.4. The molecule has 3 aromatic carbocycles. The highest BCUT2D eigenvalue weighted by molar-refractivity contribution is 7.98. The highest BCUT2D eigenvalue weighted by atomic mass is 35.5. The van der Waals surface area contributed by atoms with Crippen molar-refractivity contribution in [1.82, 2.24) is 14.8 Å². The largest absolute Gasteiger partial charge is 0.489 e. The molecule has 1 aliphatic carbocycles. The Morgan fingerprint density at radius 1 is 1.02 bits per heavy atom. The van der Waals surface area contributed by atoms with E-state index in [2.05, 4.69) is 10.3 Å². The zero-order chi connectivity index (χ0) is 30.6. The van der Waals surface area contributed by atoms with Gasteiger partial charge in [0.2, 0.25) is 11.1 Å². The molecule has 11 heteroatoms. The number of esters is 1. The molecule has 1 N–H and O–H groups in total. The van der Waals surface area contributed by atoms with Crippen LogP contribution in [-0.2, 0) is 21.9 Å². The fraction of sp³-hybridized carbons (Fsp3) is 0.303. The molecule has 1 unspecified atom stereocenters. The first-order chi connectivity index (χ1) is 21.4. The van der Waals surface area contributed by atoms with Crippen LogP contribution in [0.5, 0.6) is 5.75 Å². The summed E-state index contributed by atoms with van der Waals surface area (Å²) in [4.78, 5) is 18.4. The Kier molecular flexibility index (Phi) is 9.44. The van der Waals surface area contributed by atoms with Crippen LogP contribution < -0.4 is 10.1 Å². The molecule has 0 radical (unpaired) electrons. The van der Waals surface area contributed by atoms with Crippen molar-refractivity contribution >= 4 is 46.9 Å². The number of carbonyl (C=O) groups is 1. The standard InChI is InChI=1S/C33H31Cl2FN4O3S/c1-20-29(31(41)43-24-9-3-2-4-10-24)30(21-14-16-23(17-15-21)42-18-25-26(34)11-7-12-27(25)35)40-32(37-20)38-33(39-40)44-19-22-8-5-6-13-28(22)36/h5-8,11-17,24,30H,2-4,9-10,18-19H2,1H3,(H,37,38,39). The van der Waals surface area contributed by atoms with Gasteiger partial charge < -0.3 is 14.8 Å². The van der Waals surface area contributed by atoms with E-state index in [1.165, 1.54) is 17.8 Å². The smallest absolute Gasteiger partial charge is 0.338 e. The van der Waals surface area contributed by atoms with Crippen molar-refractivity contribution in [3.05, 3.63) is 111 Å². The number of aromatic nitrogens is 3. The summed E-state index contributed by atoms with van der Waals surface area (Å²) in [6, 6.07) is 18.9. The van der Waals surface area contributed by atoms with Crippen LogP contribution in [0, 0.1) is 5.82 Å². The van der Waals surface area contributed by atoms with E-state index < -0.39 is 6.04 Å². The van der Waals surface area contributed by atoms with Crippen LogP contribution in [0.2, 0.25) is 10.0 Å². The number of rotatable bonds is 9. The van der Waals surface area contributed by atoms with Gasteiger partial charge in [-0.1, -0.05) is 77.8 Å². The molecule has 0 amide bonds. The quantitative estimate of drug-likeness (QED) is 0.143. The van der Waals surface area contributed by atoms with Crippen LogP contribution in [0.3, 0.4) is 0 Å². The van der Waals surface area contributed by atoms with Gasteiger partial charge in [0.15, 0.2) is 0 Å². The molecule has 228 valence electrons. The van der Waals surface area contributed by atoms with Crippen LogP contribution in [0.1, 0.15) is 61.8 Å². The fourth-order valence-corrected chi connectivity index (χ4v) is 6.81. The predicted octanol–water partition coefficient (Wildman–Crippen LogP) is 8.76. The molecule has 2 heterocycles. The lowest BCUT2D eigenvalue weighted by molar-refractivity contribution is -0.146. The lowest BCUT2D eigenvalue weighted by Gasteiger charge is -2.30. The Labute approximate surface area is 269 Å². The Morgan fingerprint density at radius 2 is 1.75 bits per heavy atom. The summed E-state index contributed by atoms with van der Waals surface area (Å²) in [6.07, 6.45) is 4.88. The fourth-order valence-electron chi connectivity index (χ4n) is 5.49. The van der Waals surface area contributed by atoms with Crippen molar-refractivity contribution in [1.29, 1.82) is 0 Å². The molecule has 1 aliphatic heterocycles. The van der Waals surface area contributed by atoms with Crippen LogP contribution >= 0.6 is 35.0 Å². The Bertz CT molecular complexity index is 1670. The monoisotopic (exact) mass is 652 g/mol. The van der Waals surface area contributed by atoms with E-state index in [1.807, 2.05) is 31.2 Å². The van der Waals surface area contributed by atoms with Gasteiger partial charge in [0.1, 0.15) is 30.3 Å². The number of carbonyl (C=O) groups excluding carboxylic acids is 1. The maximum atomic E-state index is 14.3. The summed E-state index contributed by atoms with van der Waals surface area (Å²) in [5.41, 5.74) is 3.19. The number of benzene rings is 3. The second-order valence-corrected chi connectivity index (χ2v) is 12.6. The van der Waals surface area contributed by atoms with Gasteiger partial charge in [0.25, 0.3) is 0 Å². The van der Waals surface area contributed by atoms with Crippen molar-refractivity contribution in [3.63, 3.8) is 0 Å². The minimum atomic E-state index is -0.593. The predicted molar refractivity (Wildman–Crippen MR) is 171 cm³/mol. The summed E-state index contributed by atoms with van der Waals surface area (Å²) >= 11 is 14.0. The zero-order valence-electron chi connectivity index (χ0n) is 24.1. The maximum absolute atomic E-state index is 14.3. The van der Waals surface area contributed by atoms with Crippen molar-refractivity contribution in [3.8, 4) is 5.75 Å². The third kappa shape index (κ3) is 6.75. The van der Waals surface area contributed by atoms with Gasteiger partial charge in [-0.05, 0) is 74.1 Å². The van der Waals surface area contributed by atoms with Gasteiger partial charge >= 0.3 is 5.97 Å². The topological polar surface area (TPSA) is 78.3 Å². The molecular formula is C33H31Cl2FN4O3S. The van der Waals surface area contributed by atoms with E-state index >= 15 is 0 Å². The van der Waals surface area contributed by atoms with E-state index in [-0.39, 0.29) is 24.5 Å². The lowest BCUT2D eigenvalue weighted by Crippen LogP contribution is -2.32. The second-order valence-electron chi connectivity index (χ2n) is 10.8. The molecule has 2 aliphatic rings. The first-order valence-electron chi connectivity index (χ1n) is 14.5. The number of nitrogens with zero attached hydrogens (tertiary/aromatic N) is 3. The molecular weight excluding hydrogens is 622 g/mol. The van der Waals surface area contributed by atoms with Gasteiger partial charge in [-0.15, -0.1) is 5.10 Å². The van der Waals surface area contributed by atoms with Gasteiger partial charge in [-0.3, -0.25) is 0 Å². The molecule has 4 aromatic rings. The van der Waals surface area contributed by atoms with Gasteiger partial charge in [-0.25, -0.2) is 13.9 Å². The van der Waals surface area contributed by atoms with Crippen molar-refractivity contribution in [2.75, 3.05) is 5.32 Å². The van der Waals surface area contributed by atoms with E-state index in [1.54, 1.807) is 41.1 Å². The third-order valence-corrected chi connectivity index (χ3v) is 9.43. The van der Waals surface area contributed by atoms with E-state index in [4.69, 9.17) is 37.8 Å². The Morgan fingerprint density at radius 3 is 2.48 bits per heavy atom. The molecule has 0 spiro atoms. The highest BCUT2D eigenvalue weighted by Gasteiger charge is 2.36.